The molecule has 0 aliphatic rings. The number of nitrogens with zero attached hydrogens (tertiary/aromatic N) is 2. The van der Waals surface area contributed by atoms with Crippen molar-refractivity contribution in [2.24, 2.45) is 0 Å². The minimum absolute atomic E-state index is 0.663. The van der Waals surface area contributed by atoms with Gasteiger partial charge in [0, 0.05) is 5.56 Å². The van der Waals surface area contributed by atoms with E-state index in [1.165, 1.54) is 11.1 Å². The van der Waals surface area contributed by atoms with Gasteiger partial charge in [0.2, 0.25) is 0 Å². The van der Waals surface area contributed by atoms with E-state index in [9.17, 15) is 0 Å². The number of benzene rings is 1. The zero-order valence-corrected chi connectivity index (χ0v) is 9.70. The Morgan fingerprint density at radius 2 is 1.88 bits per heavy atom. The molecule has 2 N–H and O–H groups in total. The molecule has 0 aliphatic carbocycles. The van der Waals surface area contributed by atoms with Crippen molar-refractivity contribution in [3.05, 3.63) is 48.0 Å². The summed E-state index contributed by atoms with van der Waals surface area (Å²) in [5.41, 5.74) is 10.4. The predicted molar refractivity (Wildman–Crippen MR) is 66.5 cm³/mol. The van der Waals surface area contributed by atoms with Gasteiger partial charge in [-0.3, -0.25) is 0 Å². The second kappa shape index (κ2) is 4.00. The summed E-state index contributed by atoms with van der Waals surface area (Å²) in [5.74, 6) is 0.681. The topological polar surface area (TPSA) is 43.8 Å². The molecule has 0 saturated heterocycles. The molecule has 0 fully saturated rings. The summed E-state index contributed by atoms with van der Waals surface area (Å²) >= 11 is 0. The molecule has 0 amide bonds. The number of nitrogens with two attached hydrogens (primary N) is 1. The van der Waals surface area contributed by atoms with Crippen molar-refractivity contribution in [2.75, 3.05) is 5.73 Å². The van der Waals surface area contributed by atoms with Crippen LogP contribution in [0.3, 0.4) is 0 Å². The third-order valence-corrected chi connectivity index (χ3v) is 2.61. The highest BCUT2D eigenvalue weighted by atomic mass is 15.3. The maximum absolute atomic E-state index is 6.01. The quantitative estimate of drug-likeness (QED) is 0.834. The molecule has 3 nitrogen and oxygen atoms in total. The highest BCUT2D eigenvalue weighted by molar-refractivity contribution is 5.49. The standard InChI is InChI=1S/C13H16N3/c1-4-11-8-15-16(13(11)14)12-6-9(2)5-10(3)7-12/h5-8H,1,4,14H2,2-3H3. The third-order valence-electron chi connectivity index (χ3n) is 2.61. The molecule has 1 aromatic heterocycles. The SMILES string of the molecule is [CH2]Cc1cnn(-c2cc(C)cc(C)c2)c1N. The lowest BCUT2D eigenvalue weighted by atomic mass is 10.1. The van der Waals surface area contributed by atoms with Crippen molar-refractivity contribution in [1.29, 1.82) is 0 Å². The van der Waals surface area contributed by atoms with E-state index in [4.69, 9.17) is 5.73 Å². The second-order valence-electron chi connectivity index (χ2n) is 4.06. The number of anilines is 1. The molecule has 2 aromatic rings. The average molecular weight is 214 g/mol. The lowest BCUT2D eigenvalue weighted by molar-refractivity contribution is 0.888. The molecule has 1 heterocycles. The number of hydrogen-bond donors (Lipinski definition) is 1. The van der Waals surface area contributed by atoms with E-state index in [-0.39, 0.29) is 0 Å². The first-order chi connectivity index (χ1) is 7.61. The summed E-state index contributed by atoms with van der Waals surface area (Å²) in [6.07, 6.45) is 2.44. The number of aryl methyl sites for hydroxylation is 2. The number of hydrogen-bond acceptors (Lipinski definition) is 2. The Morgan fingerprint density at radius 3 is 2.38 bits per heavy atom. The zero-order valence-electron chi connectivity index (χ0n) is 9.70. The van der Waals surface area contributed by atoms with E-state index in [0.717, 1.165) is 11.3 Å². The van der Waals surface area contributed by atoms with Gasteiger partial charge in [0.05, 0.1) is 11.9 Å². The van der Waals surface area contributed by atoms with Crippen LogP contribution in [0, 0.1) is 20.8 Å². The van der Waals surface area contributed by atoms with Gasteiger partial charge in [0.1, 0.15) is 5.82 Å². The van der Waals surface area contributed by atoms with Crippen molar-refractivity contribution in [2.45, 2.75) is 20.3 Å². The van der Waals surface area contributed by atoms with Crippen LogP contribution in [0.1, 0.15) is 16.7 Å². The summed E-state index contributed by atoms with van der Waals surface area (Å²) in [7, 11) is 0. The Kier molecular flexibility index (Phi) is 2.69. The predicted octanol–water partition coefficient (Wildman–Crippen LogP) is 2.45. The molecular weight excluding hydrogens is 198 g/mol. The Morgan fingerprint density at radius 1 is 1.25 bits per heavy atom. The van der Waals surface area contributed by atoms with Crippen LogP contribution in [0.4, 0.5) is 5.82 Å². The molecule has 83 valence electrons. The number of rotatable bonds is 2. The maximum Gasteiger partial charge on any atom is 0.130 e. The molecule has 0 atom stereocenters. The number of nitrogen functional groups attached to an aromatic ring is 1. The van der Waals surface area contributed by atoms with Crippen LogP contribution in [-0.4, -0.2) is 9.78 Å². The zero-order chi connectivity index (χ0) is 11.7. The molecule has 3 heteroatoms. The fourth-order valence-corrected chi connectivity index (χ4v) is 1.86. The molecule has 0 aliphatic heterocycles. The third kappa shape index (κ3) is 1.81. The molecule has 16 heavy (non-hydrogen) atoms. The van der Waals surface area contributed by atoms with E-state index < -0.39 is 0 Å². The molecule has 0 bridgehead atoms. The van der Waals surface area contributed by atoms with Crippen molar-refractivity contribution in [3.8, 4) is 5.69 Å². The summed E-state index contributed by atoms with van der Waals surface area (Å²) in [6, 6.07) is 6.28. The fraction of sp³-hybridized carbons (Fsp3) is 0.231. The molecule has 1 radical (unpaired) electrons. The van der Waals surface area contributed by atoms with Gasteiger partial charge in [-0.1, -0.05) is 6.07 Å². The highest BCUT2D eigenvalue weighted by Crippen LogP contribution is 2.19. The fourth-order valence-electron chi connectivity index (χ4n) is 1.86. The van der Waals surface area contributed by atoms with Gasteiger partial charge in [-0.15, -0.1) is 0 Å². The second-order valence-corrected chi connectivity index (χ2v) is 4.06. The van der Waals surface area contributed by atoms with Gasteiger partial charge in [0.25, 0.3) is 0 Å². The Bertz CT molecular complexity index is 492. The van der Waals surface area contributed by atoms with Gasteiger partial charge in [-0.25, -0.2) is 4.68 Å². The van der Waals surface area contributed by atoms with Crippen LogP contribution in [0.25, 0.3) is 5.69 Å². The van der Waals surface area contributed by atoms with Crippen LogP contribution in [-0.2, 0) is 6.42 Å². The summed E-state index contributed by atoms with van der Waals surface area (Å²) < 4.78 is 1.76. The van der Waals surface area contributed by atoms with Crippen LogP contribution < -0.4 is 5.73 Å². The van der Waals surface area contributed by atoms with Gasteiger partial charge in [-0.2, -0.15) is 5.10 Å². The minimum atomic E-state index is 0.663. The van der Waals surface area contributed by atoms with Gasteiger partial charge >= 0.3 is 0 Å². The lowest BCUT2D eigenvalue weighted by Crippen LogP contribution is -2.03. The van der Waals surface area contributed by atoms with Crippen molar-refractivity contribution >= 4 is 5.82 Å². The molecule has 0 saturated carbocycles. The molecule has 0 unspecified atom stereocenters. The first kappa shape index (κ1) is 10.7. The van der Waals surface area contributed by atoms with Gasteiger partial charge in [-0.05, 0) is 50.5 Å². The lowest BCUT2D eigenvalue weighted by Gasteiger charge is -2.07. The Hall–Kier alpha value is -1.77. The van der Waals surface area contributed by atoms with E-state index in [2.05, 4.69) is 44.1 Å². The number of aromatic nitrogens is 2. The first-order valence-electron chi connectivity index (χ1n) is 5.32. The molecule has 2 rings (SSSR count). The van der Waals surface area contributed by atoms with E-state index >= 15 is 0 Å². The average Bonchev–Trinajstić information content (AvgIpc) is 2.58. The summed E-state index contributed by atoms with van der Waals surface area (Å²) in [6.45, 7) is 7.96. The van der Waals surface area contributed by atoms with Crippen molar-refractivity contribution in [1.82, 2.24) is 9.78 Å². The molecule has 1 aromatic carbocycles. The monoisotopic (exact) mass is 214 g/mol. The van der Waals surface area contributed by atoms with Gasteiger partial charge < -0.3 is 5.73 Å². The van der Waals surface area contributed by atoms with E-state index in [1.807, 2.05) is 0 Å². The summed E-state index contributed by atoms with van der Waals surface area (Å²) in [4.78, 5) is 0. The van der Waals surface area contributed by atoms with Gasteiger partial charge in [0.15, 0.2) is 0 Å². The van der Waals surface area contributed by atoms with Crippen LogP contribution in [0.15, 0.2) is 24.4 Å². The van der Waals surface area contributed by atoms with Crippen LogP contribution >= 0.6 is 0 Å². The van der Waals surface area contributed by atoms with E-state index in [1.54, 1.807) is 10.9 Å². The van der Waals surface area contributed by atoms with Crippen molar-refractivity contribution < 1.29 is 0 Å². The Balaban J connectivity index is 2.54. The van der Waals surface area contributed by atoms with E-state index in [0.29, 0.717) is 12.2 Å². The summed E-state index contributed by atoms with van der Waals surface area (Å²) in [5, 5.41) is 4.29. The molecular formula is C13H16N3. The van der Waals surface area contributed by atoms with Crippen LogP contribution in [0.2, 0.25) is 0 Å². The minimum Gasteiger partial charge on any atom is -0.383 e. The maximum atomic E-state index is 6.01. The normalized spacial score (nSPS) is 10.7. The highest BCUT2D eigenvalue weighted by Gasteiger charge is 2.07. The largest absolute Gasteiger partial charge is 0.383 e. The first-order valence-corrected chi connectivity index (χ1v) is 5.32. The van der Waals surface area contributed by atoms with Crippen molar-refractivity contribution in [3.63, 3.8) is 0 Å². The smallest absolute Gasteiger partial charge is 0.130 e. The molecule has 0 spiro atoms. The Labute approximate surface area is 95.9 Å². The van der Waals surface area contributed by atoms with Crippen LogP contribution in [0.5, 0.6) is 0 Å².